The molecule has 2 heterocycles. The molecule has 1 saturated heterocycles. The fraction of sp³-hybridized carbons (Fsp3) is 0.692. The predicted octanol–water partition coefficient (Wildman–Crippen LogP) is 4.25. The second kappa shape index (κ2) is 10.1. The molecule has 34 heavy (non-hydrogen) atoms. The summed E-state index contributed by atoms with van der Waals surface area (Å²) in [6, 6.07) is 5.69. The molecule has 8 heteroatoms. The van der Waals surface area contributed by atoms with Crippen molar-refractivity contribution in [3.8, 4) is 11.6 Å². The molecule has 1 aliphatic heterocycles. The Morgan fingerprint density at radius 1 is 1.12 bits per heavy atom. The number of hydrogen-bond donors (Lipinski definition) is 2. The summed E-state index contributed by atoms with van der Waals surface area (Å²) in [4.78, 5) is 14.2. The van der Waals surface area contributed by atoms with Crippen LogP contribution in [0.5, 0.6) is 11.6 Å². The van der Waals surface area contributed by atoms with Crippen molar-refractivity contribution in [1.82, 2.24) is 10.1 Å². The fourth-order valence-corrected chi connectivity index (χ4v) is 5.90. The maximum atomic E-state index is 11.9. The van der Waals surface area contributed by atoms with E-state index in [0.717, 1.165) is 88.4 Å². The van der Waals surface area contributed by atoms with E-state index in [4.69, 9.17) is 14.0 Å². The first-order chi connectivity index (χ1) is 16.5. The topological polar surface area (TPSA) is 105 Å². The van der Waals surface area contributed by atoms with Crippen LogP contribution in [0.4, 0.5) is 0 Å². The van der Waals surface area contributed by atoms with E-state index in [0.29, 0.717) is 30.5 Å². The lowest BCUT2D eigenvalue weighted by Crippen LogP contribution is -2.45. The Morgan fingerprint density at radius 2 is 1.85 bits per heavy atom. The van der Waals surface area contributed by atoms with Gasteiger partial charge in [0.05, 0.1) is 24.2 Å². The van der Waals surface area contributed by atoms with Gasteiger partial charge < -0.3 is 29.1 Å². The standard InChI is InChI=1S/C26H36N2O6/c29-19-6-8-20(9-7-19)33-21-4-3-5-22-23(21)24(27-34-22)32-16-18-10-14-28(15-11-18)17-26(25(30)31)12-1-2-13-26/h3-5,18-20,29H,1-2,6-17H2,(H,30,31)/t19-,20+. The molecule has 2 aromatic rings. The number of ether oxygens (including phenoxy) is 2. The lowest BCUT2D eigenvalue weighted by molar-refractivity contribution is -0.150. The summed E-state index contributed by atoms with van der Waals surface area (Å²) in [7, 11) is 0. The van der Waals surface area contributed by atoms with Gasteiger partial charge in [-0.1, -0.05) is 18.9 Å². The van der Waals surface area contributed by atoms with Crippen LogP contribution in [0.3, 0.4) is 0 Å². The van der Waals surface area contributed by atoms with Crippen LogP contribution < -0.4 is 9.47 Å². The van der Waals surface area contributed by atoms with Crippen molar-refractivity contribution in [3.63, 3.8) is 0 Å². The zero-order chi connectivity index (χ0) is 23.5. The summed E-state index contributed by atoms with van der Waals surface area (Å²) < 4.78 is 17.9. The average Bonchev–Trinajstić information content (AvgIpc) is 3.49. The van der Waals surface area contributed by atoms with E-state index in [9.17, 15) is 15.0 Å². The minimum atomic E-state index is -0.629. The van der Waals surface area contributed by atoms with E-state index in [1.165, 1.54) is 0 Å². The maximum Gasteiger partial charge on any atom is 0.310 e. The van der Waals surface area contributed by atoms with Crippen molar-refractivity contribution in [3.05, 3.63) is 18.2 Å². The number of carboxylic acids is 1. The number of aliphatic hydroxyl groups excluding tert-OH is 1. The number of carboxylic acid groups (broad SMARTS) is 1. The normalized spacial score (nSPS) is 26.0. The highest BCUT2D eigenvalue weighted by Crippen LogP contribution is 2.40. The van der Waals surface area contributed by atoms with Crippen molar-refractivity contribution in [2.24, 2.45) is 11.3 Å². The first-order valence-corrected chi connectivity index (χ1v) is 12.8. The molecule has 0 atom stereocenters. The van der Waals surface area contributed by atoms with E-state index in [-0.39, 0.29) is 12.2 Å². The summed E-state index contributed by atoms with van der Waals surface area (Å²) in [5.74, 6) is 0.969. The third kappa shape index (κ3) is 5.03. The number of piperidine rings is 1. The van der Waals surface area contributed by atoms with Gasteiger partial charge >= 0.3 is 5.97 Å². The molecule has 3 aliphatic rings. The van der Waals surface area contributed by atoms with E-state index < -0.39 is 11.4 Å². The first-order valence-electron chi connectivity index (χ1n) is 12.8. The number of benzene rings is 1. The molecule has 1 aromatic heterocycles. The molecule has 0 bridgehead atoms. The molecule has 0 spiro atoms. The highest BCUT2D eigenvalue weighted by Gasteiger charge is 2.43. The van der Waals surface area contributed by atoms with Gasteiger partial charge in [-0.25, -0.2) is 0 Å². The third-order valence-electron chi connectivity index (χ3n) is 8.07. The molecule has 3 fully saturated rings. The molecule has 2 aliphatic carbocycles. The smallest absolute Gasteiger partial charge is 0.310 e. The average molecular weight is 473 g/mol. The van der Waals surface area contributed by atoms with Crippen molar-refractivity contribution in [1.29, 1.82) is 0 Å². The van der Waals surface area contributed by atoms with Gasteiger partial charge in [-0.05, 0) is 87.7 Å². The first kappa shape index (κ1) is 23.4. The fourth-order valence-electron chi connectivity index (χ4n) is 5.90. The van der Waals surface area contributed by atoms with Crippen LogP contribution in [-0.4, -0.2) is 64.7 Å². The van der Waals surface area contributed by atoms with E-state index in [1.54, 1.807) is 0 Å². The predicted molar refractivity (Wildman–Crippen MR) is 126 cm³/mol. The Morgan fingerprint density at radius 3 is 2.56 bits per heavy atom. The Kier molecular flexibility index (Phi) is 6.97. The van der Waals surface area contributed by atoms with Crippen LogP contribution in [0.1, 0.15) is 64.2 Å². The van der Waals surface area contributed by atoms with Gasteiger partial charge in [-0.15, -0.1) is 0 Å². The van der Waals surface area contributed by atoms with Crippen LogP contribution in [-0.2, 0) is 4.79 Å². The number of carbonyl (C=O) groups is 1. The minimum absolute atomic E-state index is 0.0787. The van der Waals surface area contributed by atoms with Crippen molar-refractivity contribution >= 4 is 16.9 Å². The minimum Gasteiger partial charge on any atom is -0.489 e. The lowest BCUT2D eigenvalue weighted by atomic mass is 9.84. The van der Waals surface area contributed by atoms with E-state index in [2.05, 4.69) is 10.1 Å². The molecule has 5 rings (SSSR count). The molecular formula is C26H36N2O6. The van der Waals surface area contributed by atoms with Gasteiger partial charge in [0, 0.05) is 6.54 Å². The SMILES string of the molecule is O=C(O)C1(CN2CCC(COc3noc4cccc(O[C@H]5CC[C@@H](O)CC5)c34)CC2)CCCC1. The Bertz CT molecular complexity index is 969. The molecule has 1 aromatic carbocycles. The molecule has 2 N–H and O–H groups in total. The largest absolute Gasteiger partial charge is 0.489 e. The zero-order valence-corrected chi connectivity index (χ0v) is 19.8. The molecule has 0 radical (unpaired) electrons. The Balaban J connectivity index is 1.16. The van der Waals surface area contributed by atoms with Gasteiger partial charge in [0.1, 0.15) is 11.1 Å². The number of aromatic nitrogens is 1. The maximum absolute atomic E-state index is 11.9. The van der Waals surface area contributed by atoms with Crippen LogP contribution in [0.25, 0.3) is 11.0 Å². The summed E-state index contributed by atoms with van der Waals surface area (Å²) >= 11 is 0. The van der Waals surface area contributed by atoms with E-state index >= 15 is 0 Å². The quantitative estimate of drug-likeness (QED) is 0.588. The van der Waals surface area contributed by atoms with Gasteiger partial charge in [0.25, 0.3) is 5.88 Å². The zero-order valence-electron chi connectivity index (χ0n) is 19.8. The van der Waals surface area contributed by atoms with Crippen LogP contribution in [0, 0.1) is 11.3 Å². The molecular weight excluding hydrogens is 436 g/mol. The lowest BCUT2D eigenvalue weighted by Gasteiger charge is -2.36. The number of aliphatic carboxylic acids is 1. The van der Waals surface area contributed by atoms with Gasteiger partial charge in [0.2, 0.25) is 0 Å². The van der Waals surface area contributed by atoms with Crippen LogP contribution in [0.15, 0.2) is 22.7 Å². The Labute approximate surface area is 200 Å². The highest BCUT2D eigenvalue weighted by atomic mass is 16.5. The molecule has 8 nitrogen and oxygen atoms in total. The number of hydrogen-bond acceptors (Lipinski definition) is 7. The van der Waals surface area contributed by atoms with Crippen molar-refractivity contribution in [2.75, 3.05) is 26.2 Å². The molecule has 0 amide bonds. The van der Waals surface area contributed by atoms with E-state index in [1.807, 2.05) is 18.2 Å². The summed E-state index contributed by atoms with van der Waals surface area (Å²) in [6.45, 7) is 3.04. The van der Waals surface area contributed by atoms with Gasteiger partial charge in [-0.2, -0.15) is 0 Å². The second-order valence-corrected chi connectivity index (χ2v) is 10.5. The van der Waals surface area contributed by atoms with Crippen LogP contribution >= 0.6 is 0 Å². The summed E-state index contributed by atoms with van der Waals surface area (Å²) in [5.41, 5.74) is 0.101. The van der Waals surface area contributed by atoms with Crippen molar-refractivity contribution in [2.45, 2.75) is 76.4 Å². The number of aliphatic hydroxyl groups is 1. The second-order valence-electron chi connectivity index (χ2n) is 10.5. The van der Waals surface area contributed by atoms with Crippen molar-refractivity contribution < 1.29 is 29.0 Å². The van der Waals surface area contributed by atoms with Crippen LogP contribution in [0.2, 0.25) is 0 Å². The van der Waals surface area contributed by atoms with Gasteiger partial charge in [-0.3, -0.25) is 4.79 Å². The Hall–Kier alpha value is -2.32. The number of rotatable bonds is 8. The third-order valence-corrected chi connectivity index (χ3v) is 8.07. The number of fused-ring (bicyclic) bond motifs is 1. The van der Waals surface area contributed by atoms with Gasteiger partial charge in [0.15, 0.2) is 5.58 Å². The summed E-state index contributed by atoms with van der Waals surface area (Å²) in [6.07, 6.45) is 8.68. The number of likely N-dealkylation sites (tertiary alicyclic amines) is 1. The molecule has 0 unspecified atom stereocenters. The monoisotopic (exact) mass is 472 g/mol. The molecule has 2 saturated carbocycles. The molecule has 186 valence electrons. The number of nitrogens with zero attached hydrogens (tertiary/aromatic N) is 2. The summed E-state index contributed by atoms with van der Waals surface area (Å²) in [5, 5.41) is 24.5. The highest BCUT2D eigenvalue weighted by molar-refractivity contribution is 5.88.